The standard InChI is InChI=1S/C21H17ClN2O5S/c1-14-6-7-15(2)20(12-14)23(30(28,29)19-10-8-17(22)9-11-19)21(25)16-4-3-5-18(13-16)24(26)27/h3-13H,1-2H3. The number of nitro groups is 1. The highest BCUT2D eigenvalue weighted by Gasteiger charge is 2.33. The highest BCUT2D eigenvalue weighted by molar-refractivity contribution is 7.93. The van der Waals surface area contributed by atoms with Gasteiger partial charge in [-0.25, -0.2) is 8.42 Å². The van der Waals surface area contributed by atoms with Gasteiger partial charge in [0.25, 0.3) is 21.6 Å². The van der Waals surface area contributed by atoms with E-state index in [0.717, 1.165) is 11.6 Å². The molecule has 0 N–H and O–H groups in total. The minimum atomic E-state index is -4.34. The minimum Gasteiger partial charge on any atom is -0.268 e. The molecule has 3 aromatic rings. The van der Waals surface area contributed by atoms with E-state index in [9.17, 15) is 23.3 Å². The van der Waals surface area contributed by atoms with Crippen LogP contribution in [0.25, 0.3) is 0 Å². The lowest BCUT2D eigenvalue weighted by Gasteiger charge is -2.24. The van der Waals surface area contributed by atoms with E-state index in [-0.39, 0.29) is 21.8 Å². The van der Waals surface area contributed by atoms with Crippen LogP contribution < -0.4 is 4.31 Å². The summed E-state index contributed by atoms with van der Waals surface area (Å²) in [5.74, 6) is -0.901. The number of benzene rings is 3. The number of sulfonamides is 1. The first-order valence-corrected chi connectivity index (χ1v) is 10.6. The molecule has 0 atom stereocenters. The second-order valence-corrected chi connectivity index (χ2v) is 8.85. The van der Waals surface area contributed by atoms with Gasteiger partial charge in [0.15, 0.2) is 0 Å². The van der Waals surface area contributed by atoms with E-state index < -0.39 is 20.9 Å². The van der Waals surface area contributed by atoms with E-state index in [1.54, 1.807) is 32.0 Å². The average Bonchev–Trinajstić information content (AvgIpc) is 2.71. The van der Waals surface area contributed by atoms with Crippen molar-refractivity contribution in [2.24, 2.45) is 0 Å². The quantitative estimate of drug-likeness (QED) is 0.411. The first kappa shape index (κ1) is 21.5. The van der Waals surface area contributed by atoms with Gasteiger partial charge >= 0.3 is 0 Å². The summed E-state index contributed by atoms with van der Waals surface area (Å²) in [5, 5.41) is 11.5. The van der Waals surface area contributed by atoms with E-state index in [1.165, 1.54) is 42.5 Å². The fraction of sp³-hybridized carbons (Fsp3) is 0.0952. The number of anilines is 1. The van der Waals surface area contributed by atoms with Crippen LogP contribution in [-0.4, -0.2) is 19.2 Å². The maximum absolute atomic E-state index is 13.5. The van der Waals surface area contributed by atoms with Gasteiger partial charge in [-0.2, -0.15) is 4.31 Å². The molecule has 0 aliphatic rings. The van der Waals surface area contributed by atoms with Crippen LogP contribution >= 0.6 is 11.6 Å². The minimum absolute atomic E-state index is 0.123. The fourth-order valence-corrected chi connectivity index (χ4v) is 4.46. The van der Waals surface area contributed by atoms with Gasteiger partial charge in [-0.15, -0.1) is 0 Å². The molecule has 0 heterocycles. The van der Waals surface area contributed by atoms with E-state index >= 15 is 0 Å². The van der Waals surface area contributed by atoms with Crippen molar-refractivity contribution >= 4 is 38.9 Å². The zero-order chi connectivity index (χ0) is 22.1. The number of halogens is 1. The van der Waals surface area contributed by atoms with Crippen molar-refractivity contribution in [3.05, 3.63) is 98.6 Å². The highest BCUT2D eigenvalue weighted by atomic mass is 35.5. The van der Waals surface area contributed by atoms with Crippen LogP contribution in [0.4, 0.5) is 11.4 Å². The molecule has 0 spiro atoms. The molecular formula is C21H17ClN2O5S. The fourth-order valence-electron chi connectivity index (χ4n) is 2.87. The summed E-state index contributed by atoms with van der Waals surface area (Å²) in [6.45, 7) is 3.45. The van der Waals surface area contributed by atoms with Crippen molar-refractivity contribution < 1.29 is 18.1 Å². The summed E-state index contributed by atoms with van der Waals surface area (Å²) in [6, 6.07) is 15.5. The average molecular weight is 445 g/mol. The lowest BCUT2D eigenvalue weighted by molar-refractivity contribution is -0.384. The monoisotopic (exact) mass is 444 g/mol. The number of rotatable bonds is 5. The number of aryl methyl sites for hydroxylation is 2. The number of nitrogens with zero attached hydrogens (tertiary/aromatic N) is 2. The molecular weight excluding hydrogens is 428 g/mol. The Kier molecular flexibility index (Phi) is 5.91. The SMILES string of the molecule is Cc1ccc(C)c(N(C(=O)c2cccc([N+](=O)[O-])c2)S(=O)(=O)c2ccc(Cl)cc2)c1. The number of carbonyl (C=O) groups excluding carboxylic acids is 1. The van der Waals surface area contributed by atoms with E-state index in [2.05, 4.69) is 0 Å². The molecule has 0 radical (unpaired) electrons. The predicted molar refractivity (Wildman–Crippen MR) is 114 cm³/mol. The lowest BCUT2D eigenvalue weighted by Crippen LogP contribution is -2.37. The molecule has 9 heteroatoms. The molecule has 3 rings (SSSR count). The molecule has 30 heavy (non-hydrogen) atoms. The molecule has 0 saturated carbocycles. The van der Waals surface area contributed by atoms with Gasteiger partial charge in [-0.3, -0.25) is 14.9 Å². The Morgan fingerprint density at radius 3 is 2.30 bits per heavy atom. The zero-order valence-corrected chi connectivity index (χ0v) is 17.6. The van der Waals surface area contributed by atoms with Crippen molar-refractivity contribution in [1.82, 2.24) is 0 Å². The number of carbonyl (C=O) groups is 1. The van der Waals surface area contributed by atoms with Crippen LogP contribution in [0, 0.1) is 24.0 Å². The maximum Gasteiger partial charge on any atom is 0.272 e. The normalized spacial score (nSPS) is 11.2. The Morgan fingerprint density at radius 1 is 1.00 bits per heavy atom. The molecule has 0 fully saturated rings. The molecule has 0 aliphatic heterocycles. The van der Waals surface area contributed by atoms with Crippen LogP contribution in [0.3, 0.4) is 0 Å². The summed E-state index contributed by atoms with van der Waals surface area (Å²) in [5.41, 5.74) is 1.03. The van der Waals surface area contributed by atoms with E-state index in [0.29, 0.717) is 14.9 Å². The third-order valence-corrected chi connectivity index (χ3v) is 6.39. The summed E-state index contributed by atoms with van der Waals surface area (Å²) < 4.78 is 27.6. The van der Waals surface area contributed by atoms with Crippen molar-refractivity contribution in [2.45, 2.75) is 18.7 Å². The molecule has 0 unspecified atom stereocenters. The number of amides is 1. The molecule has 1 amide bonds. The molecule has 154 valence electrons. The maximum atomic E-state index is 13.5. The van der Waals surface area contributed by atoms with Gasteiger partial charge in [-0.05, 0) is 61.4 Å². The van der Waals surface area contributed by atoms with Crippen LogP contribution in [0.2, 0.25) is 5.02 Å². The van der Waals surface area contributed by atoms with Crippen LogP contribution in [0.1, 0.15) is 21.5 Å². The van der Waals surface area contributed by atoms with Gasteiger partial charge in [0.05, 0.1) is 15.5 Å². The Labute approximate surface area is 178 Å². The van der Waals surface area contributed by atoms with Gasteiger partial charge in [0.1, 0.15) is 0 Å². The first-order valence-electron chi connectivity index (χ1n) is 8.78. The largest absolute Gasteiger partial charge is 0.272 e. The number of non-ortho nitro benzene ring substituents is 1. The summed E-state index contributed by atoms with van der Waals surface area (Å²) in [4.78, 5) is 23.7. The third-order valence-electron chi connectivity index (χ3n) is 4.42. The molecule has 0 bridgehead atoms. The van der Waals surface area contributed by atoms with Crippen molar-refractivity contribution in [1.29, 1.82) is 0 Å². The Morgan fingerprint density at radius 2 is 1.67 bits per heavy atom. The third kappa shape index (κ3) is 4.19. The van der Waals surface area contributed by atoms with Crippen LogP contribution in [-0.2, 0) is 10.0 Å². The number of nitro benzene ring substituents is 1. The van der Waals surface area contributed by atoms with E-state index in [4.69, 9.17) is 11.6 Å². The summed E-state index contributed by atoms with van der Waals surface area (Å²) >= 11 is 5.87. The first-order chi connectivity index (χ1) is 14.1. The van der Waals surface area contributed by atoms with Gasteiger partial charge in [0, 0.05) is 22.7 Å². The van der Waals surface area contributed by atoms with E-state index in [1.807, 2.05) is 0 Å². The molecule has 7 nitrogen and oxygen atoms in total. The lowest BCUT2D eigenvalue weighted by atomic mass is 10.1. The van der Waals surface area contributed by atoms with Crippen LogP contribution in [0.5, 0.6) is 0 Å². The smallest absolute Gasteiger partial charge is 0.268 e. The van der Waals surface area contributed by atoms with Crippen molar-refractivity contribution in [3.8, 4) is 0 Å². The second kappa shape index (κ2) is 8.25. The summed E-state index contributed by atoms with van der Waals surface area (Å²) in [6.07, 6.45) is 0. The second-order valence-electron chi connectivity index (χ2n) is 6.63. The zero-order valence-electron chi connectivity index (χ0n) is 16.1. The number of hydrogen-bond acceptors (Lipinski definition) is 5. The Bertz CT molecular complexity index is 1240. The van der Waals surface area contributed by atoms with Gasteiger partial charge < -0.3 is 0 Å². The molecule has 0 saturated heterocycles. The van der Waals surface area contributed by atoms with Gasteiger partial charge in [-0.1, -0.05) is 29.8 Å². The molecule has 3 aromatic carbocycles. The molecule has 0 aromatic heterocycles. The van der Waals surface area contributed by atoms with Gasteiger partial charge in [0.2, 0.25) is 0 Å². The van der Waals surface area contributed by atoms with Crippen molar-refractivity contribution in [2.75, 3.05) is 4.31 Å². The Balaban J connectivity index is 2.23. The van der Waals surface area contributed by atoms with Crippen LogP contribution in [0.15, 0.2) is 71.6 Å². The Hall–Kier alpha value is -3.23. The topological polar surface area (TPSA) is 97.6 Å². The van der Waals surface area contributed by atoms with Crippen molar-refractivity contribution in [3.63, 3.8) is 0 Å². The number of hydrogen-bond donors (Lipinski definition) is 0. The summed E-state index contributed by atoms with van der Waals surface area (Å²) in [7, 11) is -4.34. The molecule has 0 aliphatic carbocycles. The highest BCUT2D eigenvalue weighted by Crippen LogP contribution is 2.31. The predicted octanol–water partition coefficient (Wildman–Crippen LogP) is 4.90.